The van der Waals surface area contributed by atoms with Crippen molar-refractivity contribution in [2.24, 2.45) is 5.73 Å². The van der Waals surface area contributed by atoms with Gasteiger partial charge in [-0.15, -0.1) is 0 Å². The van der Waals surface area contributed by atoms with Crippen molar-refractivity contribution in [2.75, 3.05) is 38.8 Å². The van der Waals surface area contributed by atoms with Crippen LogP contribution >= 0.6 is 11.8 Å². The molecule has 2 amide bonds. The van der Waals surface area contributed by atoms with Crippen LogP contribution in [0.1, 0.15) is 37.7 Å². The van der Waals surface area contributed by atoms with Gasteiger partial charge in [-0.05, 0) is 54.0 Å². The highest BCUT2D eigenvalue weighted by molar-refractivity contribution is 7.98. The number of hydrogen-bond acceptors (Lipinski definition) is 8. The van der Waals surface area contributed by atoms with E-state index < -0.39 is 24.0 Å². The Morgan fingerprint density at radius 2 is 1.93 bits per heavy atom. The van der Waals surface area contributed by atoms with E-state index in [9.17, 15) is 19.2 Å². The van der Waals surface area contributed by atoms with Crippen LogP contribution in [0.2, 0.25) is 0 Å². The SMILES string of the molecule is COC(=O)[C@H](CCSC)NC(=O)CN(Cc1cccc2ccccc12)C[C@@H]1CCCN1C(=O)[C@@H](N)CCC(=O)O. The second-order valence-corrected chi connectivity index (χ2v) is 11.1. The molecule has 4 N–H and O–H groups in total. The highest BCUT2D eigenvalue weighted by atomic mass is 32.2. The van der Waals surface area contributed by atoms with Crippen LogP contribution in [0.3, 0.4) is 0 Å². The number of fused-ring (bicyclic) bond motifs is 1. The zero-order valence-corrected chi connectivity index (χ0v) is 24.0. The van der Waals surface area contributed by atoms with Gasteiger partial charge in [0.15, 0.2) is 0 Å². The van der Waals surface area contributed by atoms with E-state index in [2.05, 4.69) is 5.32 Å². The molecule has 2 aromatic carbocycles. The highest BCUT2D eigenvalue weighted by Gasteiger charge is 2.33. The molecule has 0 radical (unpaired) electrons. The summed E-state index contributed by atoms with van der Waals surface area (Å²) < 4.78 is 4.89. The molecule has 40 heavy (non-hydrogen) atoms. The minimum absolute atomic E-state index is 0.0274. The Morgan fingerprint density at radius 1 is 1.18 bits per heavy atom. The molecule has 1 fully saturated rings. The average molecular weight is 573 g/mol. The minimum Gasteiger partial charge on any atom is -0.481 e. The first-order valence-corrected chi connectivity index (χ1v) is 15.0. The number of esters is 1. The Hall–Kier alpha value is -3.15. The van der Waals surface area contributed by atoms with E-state index in [1.54, 1.807) is 16.7 Å². The Morgan fingerprint density at radius 3 is 2.65 bits per heavy atom. The monoisotopic (exact) mass is 572 g/mol. The quantitative estimate of drug-likeness (QED) is 0.274. The molecule has 3 rings (SSSR count). The summed E-state index contributed by atoms with van der Waals surface area (Å²) in [5.74, 6) is -1.34. The predicted molar refractivity (Wildman–Crippen MR) is 156 cm³/mol. The van der Waals surface area contributed by atoms with E-state index in [-0.39, 0.29) is 37.2 Å². The van der Waals surface area contributed by atoms with Crippen molar-refractivity contribution in [1.29, 1.82) is 0 Å². The lowest BCUT2D eigenvalue weighted by atomic mass is 10.0. The predicted octanol–water partition coefficient (Wildman–Crippen LogP) is 2.24. The van der Waals surface area contributed by atoms with Crippen LogP contribution in [0, 0.1) is 0 Å². The van der Waals surface area contributed by atoms with E-state index in [0.29, 0.717) is 31.8 Å². The number of rotatable bonds is 15. The number of aliphatic carboxylic acids is 1. The summed E-state index contributed by atoms with van der Waals surface area (Å²) in [6, 6.07) is 12.3. The summed E-state index contributed by atoms with van der Waals surface area (Å²) in [6.07, 6.45) is 3.85. The maximum atomic E-state index is 13.2. The summed E-state index contributed by atoms with van der Waals surface area (Å²) >= 11 is 1.58. The lowest BCUT2D eigenvalue weighted by Gasteiger charge is -2.32. The van der Waals surface area contributed by atoms with Gasteiger partial charge in [0.1, 0.15) is 6.04 Å². The van der Waals surface area contributed by atoms with Gasteiger partial charge in [-0.2, -0.15) is 11.8 Å². The first-order chi connectivity index (χ1) is 19.2. The molecule has 0 bridgehead atoms. The Kier molecular flexibility index (Phi) is 12.2. The first-order valence-electron chi connectivity index (χ1n) is 13.6. The molecule has 0 spiro atoms. The molecule has 0 aromatic heterocycles. The van der Waals surface area contributed by atoms with Crippen LogP contribution in [0.5, 0.6) is 0 Å². The van der Waals surface area contributed by atoms with Crippen molar-refractivity contribution in [3.05, 3.63) is 48.0 Å². The fourth-order valence-corrected chi connectivity index (χ4v) is 5.63. The number of thioether (sulfide) groups is 1. The van der Waals surface area contributed by atoms with Crippen molar-refractivity contribution < 1.29 is 29.0 Å². The number of hydrogen-bond donors (Lipinski definition) is 3. The highest BCUT2D eigenvalue weighted by Crippen LogP contribution is 2.23. The molecule has 1 aliphatic rings. The molecule has 1 saturated heterocycles. The second-order valence-electron chi connectivity index (χ2n) is 10.1. The summed E-state index contributed by atoms with van der Waals surface area (Å²) in [4.78, 5) is 53.3. The fraction of sp³-hybridized carbons (Fsp3) is 0.517. The third-order valence-corrected chi connectivity index (χ3v) is 7.83. The maximum absolute atomic E-state index is 13.2. The Balaban J connectivity index is 1.79. The molecule has 1 heterocycles. The lowest BCUT2D eigenvalue weighted by Crippen LogP contribution is -2.51. The maximum Gasteiger partial charge on any atom is 0.328 e. The molecule has 11 heteroatoms. The van der Waals surface area contributed by atoms with Gasteiger partial charge < -0.3 is 25.8 Å². The van der Waals surface area contributed by atoms with Crippen LogP contribution in [0.4, 0.5) is 0 Å². The molecule has 1 aliphatic heterocycles. The molecule has 3 atom stereocenters. The first kappa shape index (κ1) is 31.4. The van der Waals surface area contributed by atoms with Crippen molar-refractivity contribution in [1.82, 2.24) is 15.1 Å². The lowest BCUT2D eigenvalue weighted by molar-refractivity contribution is -0.145. The van der Waals surface area contributed by atoms with Crippen molar-refractivity contribution >= 4 is 46.3 Å². The number of carbonyl (C=O) groups excluding carboxylic acids is 3. The fourth-order valence-electron chi connectivity index (χ4n) is 5.16. The number of methoxy groups -OCH3 is 1. The number of nitrogens with two attached hydrogens (primary N) is 1. The number of carboxylic acid groups (broad SMARTS) is 1. The number of benzene rings is 2. The van der Waals surface area contributed by atoms with E-state index in [4.69, 9.17) is 15.6 Å². The van der Waals surface area contributed by atoms with E-state index in [1.165, 1.54) is 7.11 Å². The van der Waals surface area contributed by atoms with Crippen LogP contribution in [0.25, 0.3) is 10.8 Å². The largest absolute Gasteiger partial charge is 0.481 e. The number of ether oxygens (including phenoxy) is 1. The van der Waals surface area contributed by atoms with Gasteiger partial charge in [-0.3, -0.25) is 19.3 Å². The smallest absolute Gasteiger partial charge is 0.328 e. The van der Waals surface area contributed by atoms with Crippen LogP contribution < -0.4 is 11.1 Å². The van der Waals surface area contributed by atoms with E-state index in [1.807, 2.05) is 53.6 Å². The number of carboxylic acids is 1. The van der Waals surface area contributed by atoms with Gasteiger partial charge >= 0.3 is 11.9 Å². The van der Waals surface area contributed by atoms with Crippen molar-refractivity contribution in [3.63, 3.8) is 0 Å². The van der Waals surface area contributed by atoms with E-state index >= 15 is 0 Å². The molecule has 0 unspecified atom stereocenters. The van der Waals surface area contributed by atoms with Gasteiger partial charge in [-0.25, -0.2) is 4.79 Å². The van der Waals surface area contributed by atoms with Gasteiger partial charge in [0.05, 0.1) is 19.7 Å². The number of nitrogens with zero attached hydrogens (tertiary/aromatic N) is 2. The van der Waals surface area contributed by atoms with E-state index in [0.717, 1.165) is 29.2 Å². The van der Waals surface area contributed by atoms with Crippen LogP contribution in [-0.4, -0.2) is 95.5 Å². The normalized spacial score (nSPS) is 16.6. The number of likely N-dealkylation sites (tertiary alicyclic amines) is 1. The summed E-state index contributed by atoms with van der Waals surface area (Å²) in [7, 11) is 1.31. The minimum atomic E-state index is -0.990. The topological polar surface area (TPSA) is 142 Å². The van der Waals surface area contributed by atoms with Crippen molar-refractivity contribution in [2.45, 2.75) is 56.8 Å². The summed E-state index contributed by atoms with van der Waals surface area (Å²) in [6.45, 7) is 1.46. The molecule has 10 nitrogen and oxygen atoms in total. The standard InChI is InChI=1S/C29H40N4O6S/c1-39-29(38)25(14-16-40-2)31-26(34)19-32(17-21-9-5-8-20-7-3-4-11-23(20)21)18-22-10-6-15-33(22)28(37)24(30)12-13-27(35)36/h3-5,7-9,11,22,24-25H,6,10,12-19,30H2,1-2H3,(H,31,34)(H,35,36)/t22-,24-,25-/m0/s1. The summed E-state index contributed by atoms with van der Waals surface area (Å²) in [5.41, 5.74) is 7.11. The summed E-state index contributed by atoms with van der Waals surface area (Å²) in [5, 5.41) is 14.0. The number of nitrogens with one attached hydrogen (secondary N) is 1. The molecular weight excluding hydrogens is 532 g/mol. The molecule has 2 aromatic rings. The van der Waals surface area contributed by atoms with Gasteiger partial charge in [-0.1, -0.05) is 42.5 Å². The Bertz CT molecular complexity index is 1170. The average Bonchev–Trinajstić information content (AvgIpc) is 3.41. The number of carbonyl (C=O) groups is 4. The van der Waals surface area contributed by atoms with Crippen LogP contribution in [0.15, 0.2) is 42.5 Å². The molecule has 0 aliphatic carbocycles. The molecule has 218 valence electrons. The van der Waals surface area contributed by atoms with Gasteiger partial charge in [0, 0.05) is 32.1 Å². The Labute approximate surface area is 239 Å². The molecule has 0 saturated carbocycles. The van der Waals surface area contributed by atoms with Crippen LogP contribution in [-0.2, 0) is 30.5 Å². The second kappa shape index (κ2) is 15.6. The number of amides is 2. The zero-order chi connectivity index (χ0) is 29.1. The molecular formula is C29H40N4O6S. The van der Waals surface area contributed by atoms with Gasteiger partial charge in [0.25, 0.3) is 0 Å². The van der Waals surface area contributed by atoms with Crippen molar-refractivity contribution in [3.8, 4) is 0 Å². The third kappa shape index (κ3) is 8.94. The third-order valence-electron chi connectivity index (χ3n) is 7.19. The zero-order valence-electron chi connectivity index (χ0n) is 23.2. The van der Waals surface area contributed by atoms with Gasteiger partial charge in [0.2, 0.25) is 11.8 Å².